The van der Waals surface area contributed by atoms with Gasteiger partial charge in [0, 0.05) is 21.2 Å². The zero-order valence-corrected chi connectivity index (χ0v) is 14.7. The van der Waals surface area contributed by atoms with Gasteiger partial charge in [-0.15, -0.1) is 0 Å². The molecule has 0 bridgehead atoms. The van der Waals surface area contributed by atoms with E-state index in [0.717, 1.165) is 9.79 Å². The molecular weight excluding hydrogens is 348 g/mol. The molecule has 0 unspecified atom stereocenters. The van der Waals surface area contributed by atoms with Crippen LogP contribution in [0.3, 0.4) is 0 Å². The maximum atomic E-state index is 11.5. The fraction of sp³-hybridized carbons (Fsp3) is 0.125. The van der Waals surface area contributed by atoms with Crippen LogP contribution in [0.25, 0.3) is 0 Å². The average molecular weight is 364 g/mol. The van der Waals surface area contributed by atoms with Gasteiger partial charge in [-0.25, -0.2) is 9.59 Å². The highest BCUT2D eigenvalue weighted by Gasteiger charge is 2.11. The first-order chi connectivity index (χ1) is 11.5. The highest BCUT2D eigenvalue weighted by molar-refractivity contribution is 8.76. The third-order valence-corrected chi connectivity index (χ3v) is 5.60. The average Bonchev–Trinajstić information content (AvgIpc) is 2.60. The van der Waals surface area contributed by atoms with E-state index in [9.17, 15) is 9.59 Å². The monoisotopic (exact) mass is 364 g/mol. The number of methoxy groups -OCH3 is 2. The summed E-state index contributed by atoms with van der Waals surface area (Å²) in [7, 11) is 5.45. The van der Waals surface area contributed by atoms with Gasteiger partial charge in [-0.1, -0.05) is 21.6 Å². The van der Waals surface area contributed by atoms with Crippen LogP contribution in [0.2, 0.25) is 0 Å². The highest BCUT2D eigenvalue weighted by Crippen LogP contribution is 2.42. The van der Waals surface area contributed by atoms with E-state index < -0.39 is 11.9 Å². The Labute approximate surface area is 147 Å². The maximum Gasteiger partial charge on any atom is 0.337 e. The van der Waals surface area contributed by atoms with Crippen molar-refractivity contribution in [2.75, 3.05) is 25.7 Å². The quantitative estimate of drug-likeness (QED) is 0.473. The molecule has 0 aliphatic rings. The first kappa shape index (κ1) is 18.0. The minimum atomic E-state index is -0.437. The van der Waals surface area contributed by atoms with Gasteiger partial charge < -0.3 is 20.9 Å². The van der Waals surface area contributed by atoms with Gasteiger partial charge in [0.1, 0.15) is 0 Å². The molecule has 2 rings (SSSR count). The van der Waals surface area contributed by atoms with Gasteiger partial charge in [0.05, 0.1) is 25.3 Å². The summed E-state index contributed by atoms with van der Waals surface area (Å²) in [6, 6.07) is 9.93. The van der Waals surface area contributed by atoms with E-state index in [4.69, 9.17) is 11.5 Å². The highest BCUT2D eigenvalue weighted by atomic mass is 33.1. The second kappa shape index (κ2) is 7.98. The molecule has 0 fully saturated rings. The lowest BCUT2D eigenvalue weighted by atomic mass is 10.2. The minimum Gasteiger partial charge on any atom is -0.465 e. The molecule has 0 heterocycles. The summed E-state index contributed by atoms with van der Waals surface area (Å²) < 4.78 is 9.31. The first-order valence-corrected chi connectivity index (χ1v) is 8.91. The van der Waals surface area contributed by atoms with Crippen molar-refractivity contribution < 1.29 is 19.1 Å². The van der Waals surface area contributed by atoms with Crippen molar-refractivity contribution >= 4 is 44.9 Å². The summed E-state index contributed by atoms with van der Waals surface area (Å²) in [6.45, 7) is 0. The van der Waals surface area contributed by atoms with E-state index in [1.165, 1.54) is 35.8 Å². The topological polar surface area (TPSA) is 105 Å². The lowest BCUT2D eigenvalue weighted by Crippen LogP contribution is -2.02. The number of anilines is 2. The number of hydrogen-bond acceptors (Lipinski definition) is 8. The number of nitrogen functional groups attached to an aromatic ring is 2. The second-order valence-corrected chi connectivity index (χ2v) is 6.87. The van der Waals surface area contributed by atoms with Crippen molar-refractivity contribution in [3.8, 4) is 0 Å². The number of ether oxygens (including phenoxy) is 2. The van der Waals surface area contributed by atoms with Gasteiger partial charge in [0.25, 0.3) is 0 Å². The molecule has 2 aromatic rings. The molecule has 6 nitrogen and oxygen atoms in total. The lowest BCUT2D eigenvalue weighted by Gasteiger charge is -2.09. The number of nitrogens with two attached hydrogens (primary N) is 2. The zero-order valence-electron chi connectivity index (χ0n) is 13.1. The molecule has 2 aromatic carbocycles. The Balaban J connectivity index is 2.11. The summed E-state index contributed by atoms with van der Waals surface area (Å²) >= 11 is 0. The van der Waals surface area contributed by atoms with Crippen LogP contribution in [0.4, 0.5) is 11.4 Å². The van der Waals surface area contributed by atoms with Crippen LogP contribution in [-0.4, -0.2) is 26.2 Å². The number of rotatable bonds is 5. The Morgan fingerprint density at radius 3 is 1.46 bits per heavy atom. The SMILES string of the molecule is COC(=O)c1ccc(SSc2ccc(C(=O)OC)cc2N)c(N)c1. The zero-order chi connectivity index (χ0) is 17.7. The predicted molar refractivity (Wildman–Crippen MR) is 96.1 cm³/mol. The van der Waals surface area contributed by atoms with Crippen LogP contribution in [-0.2, 0) is 9.47 Å². The van der Waals surface area contributed by atoms with E-state index in [-0.39, 0.29) is 0 Å². The minimum absolute atomic E-state index is 0.395. The molecule has 24 heavy (non-hydrogen) atoms. The van der Waals surface area contributed by atoms with Gasteiger partial charge in [0.2, 0.25) is 0 Å². The Morgan fingerprint density at radius 2 is 1.17 bits per heavy atom. The van der Waals surface area contributed by atoms with E-state index in [1.807, 2.05) is 0 Å². The van der Waals surface area contributed by atoms with E-state index in [0.29, 0.717) is 22.5 Å². The predicted octanol–water partition coefficient (Wildman–Crippen LogP) is 3.22. The second-order valence-electron chi connectivity index (χ2n) is 4.66. The Kier molecular flexibility index (Phi) is 5.99. The third-order valence-electron chi connectivity index (χ3n) is 3.08. The standard InChI is InChI=1S/C16H16N2O4S2/c1-21-15(19)9-3-5-13(11(17)7-9)23-24-14-6-4-10(8-12(14)18)16(20)22-2/h3-8H,17-18H2,1-2H3. The fourth-order valence-corrected chi connectivity index (χ4v) is 4.01. The van der Waals surface area contributed by atoms with E-state index in [1.54, 1.807) is 36.4 Å². The van der Waals surface area contributed by atoms with Crippen molar-refractivity contribution in [3.63, 3.8) is 0 Å². The Morgan fingerprint density at radius 1 is 0.792 bits per heavy atom. The summed E-state index contributed by atoms with van der Waals surface area (Å²) in [6.07, 6.45) is 0. The molecule has 0 aliphatic heterocycles. The fourth-order valence-electron chi connectivity index (χ4n) is 1.83. The van der Waals surface area contributed by atoms with Crippen LogP contribution in [0.15, 0.2) is 46.2 Å². The summed E-state index contributed by atoms with van der Waals surface area (Å²) in [4.78, 5) is 24.5. The smallest absolute Gasteiger partial charge is 0.337 e. The number of hydrogen-bond donors (Lipinski definition) is 2. The summed E-state index contributed by atoms with van der Waals surface area (Å²) in [5.74, 6) is -0.873. The largest absolute Gasteiger partial charge is 0.465 e. The molecule has 0 aliphatic carbocycles. The molecular formula is C16H16N2O4S2. The van der Waals surface area contributed by atoms with E-state index >= 15 is 0 Å². The lowest BCUT2D eigenvalue weighted by molar-refractivity contribution is 0.0592. The molecule has 0 radical (unpaired) electrons. The summed E-state index contributed by atoms with van der Waals surface area (Å²) in [5, 5.41) is 0. The van der Waals surface area contributed by atoms with Gasteiger partial charge >= 0.3 is 11.9 Å². The molecule has 0 saturated heterocycles. The Hall–Kier alpha value is -2.32. The molecule has 0 aromatic heterocycles. The van der Waals surface area contributed by atoms with Gasteiger partial charge in [0.15, 0.2) is 0 Å². The van der Waals surface area contributed by atoms with Crippen LogP contribution in [0.5, 0.6) is 0 Å². The summed E-state index contributed by atoms with van der Waals surface area (Å²) in [5.41, 5.74) is 13.7. The molecule has 0 spiro atoms. The van der Waals surface area contributed by atoms with Crippen molar-refractivity contribution in [2.45, 2.75) is 9.79 Å². The number of carbonyl (C=O) groups excluding carboxylic acids is 2. The molecule has 0 saturated carbocycles. The first-order valence-electron chi connectivity index (χ1n) is 6.76. The number of esters is 2. The normalized spacial score (nSPS) is 10.2. The third kappa shape index (κ3) is 4.15. The van der Waals surface area contributed by atoms with Crippen molar-refractivity contribution in [2.24, 2.45) is 0 Å². The Bertz CT molecular complexity index is 715. The molecule has 0 atom stereocenters. The number of carbonyl (C=O) groups is 2. The van der Waals surface area contributed by atoms with Gasteiger partial charge in [-0.05, 0) is 36.4 Å². The van der Waals surface area contributed by atoms with Crippen LogP contribution in [0.1, 0.15) is 20.7 Å². The molecule has 4 N–H and O–H groups in total. The molecule has 126 valence electrons. The van der Waals surface area contributed by atoms with Crippen molar-refractivity contribution in [1.29, 1.82) is 0 Å². The van der Waals surface area contributed by atoms with Gasteiger partial charge in [-0.2, -0.15) is 0 Å². The van der Waals surface area contributed by atoms with Crippen molar-refractivity contribution in [3.05, 3.63) is 47.5 Å². The molecule has 8 heteroatoms. The number of benzene rings is 2. The molecule has 0 amide bonds. The van der Waals surface area contributed by atoms with Crippen LogP contribution in [0, 0.1) is 0 Å². The van der Waals surface area contributed by atoms with Crippen LogP contribution >= 0.6 is 21.6 Å². The van der Waals surface area contributed by atoms with E-state index in [2.05, 4.69) is 9.47 Å². The van der Waals surface area contributed by atoms with Crippen molar-refractivity contribution in [1.82, 2.24) is 0 Å². The van der Waals surface area contributed by atoms with Crippen LogP contribution < -0.4 is 11.5 Å². The maximum absolute atomic E-state index is 11.5. The van der Waals surface area contributed by atoms with Gasteiger partial charge in [-0.3, -0.25) is 0 Å².